The lowest BCUT2D eigenvalue weighted by molar-refractivity contribution is 0.101. The molecule has 0 aliphatic rings. The molecule has 0 saturated heterocycles. The molecule has 9 heteroatoms. The summed E-state index contributed by atoms with van der Waals surface area (Å²) in [7, 11) is 0. The van der Waals surface area contributed by atoms with Crippen molar-refractivity contribution in [1.82, 2.24) is 14.8 Å². The lowest BCUT2D eigenvalue weighted by atomic mass is 10.1. The molecule has 138 valence electrons. The Morgan fingerprint density at radius 3 is 2.41 bits per heavy atom. The summed E-state index contributed by atoms with van der Waals surface area (Å²) in [5.41, 5.74) is 2.15. The molecule has 0 unspecified atom stereocenters. The van der Waals surface area contributed by atoms with Gasteiger partial charge in [-0.05, 0) is 55.5 Å². The Hall–Kier alpha value is -2.48. The summed E-state index contributed by atoms with van der Waals surface area (Å²) >= 11 is 17.6. The lowest BCUT2D eigenvalue weighted by Gasteiger charge is -2.08. The normalized spacial score (nSPS) is 10.5. The van der Waals surface area contributed by atoms with Crippen LogP contribution in [-0.2, 0) is 6.54 Å². The van der Waals surface area contributed by atoms with Crippen molar-refractivity contribution in [3.05, 3.63) is 70.0 Å². The van der Waals surface area contributed by atoms with Gasteiger partial charge in [-0.1, -0.05) is 29.3 Å². The zero-order chi connectivity index (χ0) is 19.4. The van der Waals surface area contributed by atoms with E-state index in [0.717, 1.165) is 11.3 Å². The fourth-order valence-corrected chi connectivity index (χ4v) is 3.05. The molecule has 0 fully saturated rings. The monoisotopic (exact) mass is 419 g/mol. The molecule has 0 radical (unpaired) electrons. The molecule has 3 aromatic rings. The number of thiocarbonyl (C=S) groups is 1. The van der Waals surface area contributed by atoms with Gasteiger partial charge in [0, 0.05) is 26.9 Å². The molecule has 2 aromatic carbocycles. The van der Waals surface area contributed by atoms with Crippen LogP contribution >= 0.6 is 35.4 Å². The average molecular weight is 420 g/mol. The Labute approximate surface area is 171 Å². The molecule has 1 heterocycles. The van der Waals surface area contributed by atoms with Gasteiger partial charge < -0.3 is 5.32 Å². The van der Waals surface area contributed by atoms with E-state index >= 15 is 0 Å². The standard InChI is InChI=1S/C18H15Cl2N5OS/c1-11(26)12-5-7-13(8-6-12)22-18(27)23-17-21-10-25(24-17)9-14-15(19)3-2-4-16(14)20/h2-8,10H,9H2,1H3,(H2,22,23,24,27). The second-order valence-electron chi connectivity index (χ2n) is 5.68. The van der Waals surface area contributed by atoms with E-state index in [-0.39, 0.29) is 5.78 Å². The van der Waals surface area contributed by atoms with Crippen LogP contribution in [0.4, 0.5) is 11.6 Å². The number of Topliss-reactive ketones (excluding diaryl/α,β-unsaturated/α-hetero) is 1. The van der Waals surface area contributed by atoms with Crippen LogP contribution in [0, 0.1) is 0 Å². The zero-order valence-electron chi connectivity index (χ0n) is 14.2. The number of hydrogen-bond acceptors (Lipinski definition) is 4. The summed E-state index contributed by atoms with van der Waals surface area (Å²) < 4.78 is 1.61. The number of rotatable bonds is 5. The van der Waals surface area contributed by atoms with Gasteiger partial charge in [-0.2, -0.15) is 0 Å². The number of benzene rings is 2. The van der Waals surface area contributed by atoms with E-state index < -0.39 is 0 Å². The molecule has 0 aliphatic carbocycles. The highest BCUT2D eigenvalue weighted by Gasteiger charge is 2.09. The van der Waals surface area contributed by atoms with Crippen LogP contribution in [0.1, 0.15) is 22.8 Å². The lowest BCUT2D eigenvalue weighted by Crippen LogP contribution is -2.20. The molecular formula is C18H15Cl2N5OS. The van der Waals surface area contributed by atoms with Crippen molar-refractivity contribution >= 4 is 58.0 Å². The number of carbonyl (C=O) groups is 1. The van der Waals surface area contributed by atoms with Gasteiger partial charge in [0.1, 0.15) is 6.33 Å². The maximum absolute atomic E-state index is 11.3. The highest BCUT2D eigenvalue weighted by molar-refractivity contribution is 7.80. The third kappa shape index (κ3) is 5.03. The van der Waals surface area contributed by atoms with Crippen LogP contribution < -0.4 is 10.6 Å². The summed E-state index contributed by atoms with van der Waals surface area (Å²) in [6, 6.07) is 12.3. The van der Waals surface area contributed by atoms with E-state index in [9.17, 15) is 4.79 Å². The quantitative estimate of drug-likeness (QED) is 0.463. The van der Waals surface area contributed by atoms with Crippen molar-refractivity contribution < 1.29 is 4.79 Å². The first-order chi connectivity index (χ1) is 12.9. The van der Waals surface area contributed by atoms with Crippen molar-refractivity contribution in [1.29, 1.82) is 0 Å². The molecule has 0 atom stereocenters. The van der Waals surface area contributed by atoms with Crippen molar-refractivity contribution in [2.24, 2.45) is 0 Å². The highest BCUT2D eigenvalue weighted by atomic mass is 35.5. The molecule has 1 aromatic heterocycles. The van der Waals surface area contributed by atoms with Crippen molar-refractivity contribution in [2.45, 2.75) is 13.5 Å². The van der Waals surface area contributed by atoms with Crippen LogP contribution in [0.5, 0.6) is 0 Å². The zero-order valence-corrected chi connectivity index (χ0v) is 16.6. The molecule has 0 aliphatic heterocycles. The van der Waals surface area contributed by atoms with E-state index in [1.54, 1.807) is 53.5 Å². The fraction of sp³-hybridized carbons (Fsp3) is 0.111. The van der Waals surface area contributed by atoms with E-state index in [0.29, 0.717) is 33.2 Å². The molecule has 6 nitrogen and oxygen atoms in total. The number of anilines is 2. The van der Waals surface area contributed by atoms with Gasteiger partial charge in [0.25, 0.3) is 0 Å². The third-order valence-electron chi connectivity index (χ3n) is 3.69. The summed E-state index contributed by atoms with van der Waals surface area (Å²) in [4.78, 5) is 15.5. The summed E-state index contributed by atoms with van der Waals surface area (Å²) in [6.07, 6.45) is 1.56. The first-order valence-electron chi connectivity index (χ1n) is 7.93. The molecular weight excluding hydrogens is 405 g/mol. The first-order valence-corrected chi connectivity index (χ1v) is 9.10. The Morgan fingerprint density at radius 2 is 1.78 bits per heavy atom. The number of aromatic nitrogens is 3. The van der Waals surface area contributed by atoms with Gasteiger partial charge in [0.2, 0.25) is 5.95 Å². The minimum absolute atomic E-state index is 0.00983. The Morgan fingerprint density at radius 1 is 1.11 bits per heavy atom. The SMILES string of the molecule is CC(=O)c1ccc(NC(=S)Nc2ncn(Cc3c(Cl)cccc3Cl)n2)cc1. The Balaban J connectivity index is 1.61. The van der Waals surface area contributed by atoms with E-state index in [2.05, 4.69) is 20.7 Å². The van der Waals surface area contributed by atoms with E-state index in [4.69, 9.17) is 35.4 Å². The maximum atomic E-state index is 11.3. The van der Waals surface area contributed by atoms with Crippen molar-refractivity contribution in [2.75, 3.05) is 10.6 Å². The highest BCUT2D eigenvalue weighted by Crippen LogP contribution is 2.24. The summed E-state index contributed by atoms with van der Waals surface area (Å²) in [6.45, 7) is 1.91. The van der Waals surface area contributed by atoms with Gasteiger partial charge >= 0.3 is 0 Å². The minimum Gasteiger partial charge on any atom is -0.332 e. The number of hydrogen-bond donors (Lipinski definition) is 2. The number of carbonyl (C=O) groups excluding carboxylic acids is 1. The second-order valence-corrected chi connectivity index (χ2v) is 6.90. The first kappa shape index (κ1) is 19.3. The van der Waals surface area contributed by atoms with Crippen molar-refractivity contribution in [3.8, 4) is 0 Å². The Kier molecular flexibility index (Phi) is 6.05. The molecule has 2 N–H and O–H groups in total. The van der Waals surface area contributed by atoms with Gasteiger partial charge in [-0.25, -0.2) is 9.67 Å². The van der Waals surface area contributed by atoms with Crippen LogP contribution in [0.15, 0.2) is 48.8 Å². The number of ketones is 1. The molecule has 3 rings (SSSR count). The summed E-state index contributed by atoms with van der Waals surface area (Å²) in [5.74, 6) is 0.353. The van der Waals surface area contributed by atoms with Gasteiger partial charge in [0.15, 0.2) is 10.9 Å². The maximum Gasteiger partial charge on any atom is 0.248 e. The van der Waals surface area contributed by atoms with E-state index in [1.807, 2.05) is 0 Å². The van der Waals surface area contributed by atoms with Crippen LogP contribution in [0.25, 0.3) is 0 Å². The molecule has 0 saturated carbocycles. The topological polar surface area (TPSA) is 71.8 Å². The van der Waals surface area contributed by atoms with Crippen LogP contribution in [0.3, 0.4) is 0 Å². The number of nitrogens with one attached hydrogen (secondary N) is 2. The Bertz CT molecular complexity index is 967. The third-order valence-corrected chi connectivity index (χ3v) is 4.61. The smallest absolute Gasteiger partial charge is 0.248 e. The largest absolute Gasteiger partial charge is 0.332 e. The average Bonchev–Trinajstić information content (AvgIpc) is 3.05. The minimum atomic E-state index is 0.00983. The van der Waals surface area contributed by atoms with Crippen LogP contribution in [0.2, 0.25) is 10.0 Å². The van der Waals surface area contributed by atoms with Crippen molar-refractivity contribution in [3.63, 3.8) is 0 Å². The number of nitrogens with zero attached hydrogens (tertiary/aromatic N) is 3. The van der Waals surface area contributed by atoms with Gasteiger partial charge in [0.05, 0.1) is 6.54 Å². The fourth-order valence-electron chi connectivity index (χ4n) is 2.33. The predicted octanol–water partition coefficient (Wildman–Crippen LogP) is 4.64. The number of halogens is 2. The molecule has 0 bridgehead atoms. The molecule has 27 heavy (non-hydrogen) atoms. The van der Waals surface area contributed by atoms with Crippen LogP contribution in [-0.4, -0.2) is 25.7 Å². The molecule has 0 spiro atoms. The van der Waals surface area contributed by atoms with Gasteiger partial charge in [-0.3, -0.25) is 10.1 Å². The predicted molar refractivity (Wildman–Crippen MR) is 112 cm³/mol. The summed E-state index contributed by atoms with van der Waals surface area (Å²) in [5, 5.41) is 11.7. The van der Waals surface area contributed by atoms with Gasteiger partial charge in [-0.15, -0.1) is 5.10 Å². The second kappa shape index (κ2) is 8.47. The molecule has 0 amide bonds. The van der Waals surface area contributed by atoms with E-state index in [1.165, 1.54) is 6.92 Å².